The molecule has 2 heteroatoms. The normalized spacial score (nSPS) is 12.8. The molecule has 7 aromatic carbocycles. The van der Waals surface area contributed by atoms with Crippen LogP contribution in [0.3, 0.4) is 0 Å². The molecule has 210 valence electrons. The average molecular weight is 574 g/mol. The van der Waals surface area contributed by atoms with E-state index in [-0.39, 0.29) is 5.92 Å². The monoisotopic (exact) mass is 573 g/mol. The molecule has 0 fully saturated rings. The Morgan fingerprint density at radius 3 is 1.71 bits per heavy atom. The second-order valence-electron chi connectivity index (χ2n) is 12.1. The minimum atomic E-state index is 0.206. The van der Waals surface area contributed by atoms with E-state index in [0.29, 0.717) is 0 Å². The van der Waals surface area contributed by atoms with Gasteiger partial charge in [0.2, 0.25) is 0 Å². The predicted octanol–water partition coefficient (Wildman–Crippen LogP) is 11.5. The average Bonchev–Trinajstić information content (AvgIpc) is 3.75. The van der Waals surface area contributed by atoms with Gasteiger partial charge in [0.1, 0.15) is 11.2 Å². The highest BCUT2D eigenvalue weighted by Crippen LogP contribution is 2.48. The first kappa shape index (κ1) is 24.6. The summed E-state index contributed by atoms with van der Waals surface area (Å²) in [6.07, 6.45) is 0. The van der Waals surface area contributed by atoms with Crippen molar-refractivity contribution in [2.45, 2.75) is 5.92 Å². The van der Waals surface area contributed by atoms with E-state index in [1.54, 1.807) is 0 Å². The van der Waals surface area contributed by atoms with Gasteiger partial charge in [0.15, 0.2) is 0 Å². The van der Waals surface area contributed by atoms with Gasteiger partial charge in [-0.15, -0.1) is 0 Å². The van der Waals surface area contributed by atoms with Crippen LogP contribution in [0.5, 0.6) is 0 Å². The van der Waals surface area contributed by atoms with E-state index in [1.807, 2.05) is 0 Å². The van der Waals surface area contributed by atoms with Crippen LogP contribution < -0.4 is 0 Å². The number of aromatic nitrogens is 1. The third-order valence-corrected chi connectivity index (χ3v) is 9.68. The summed E-state index contributed by atoms with van der Waals surface area (Å²) >= 11 is 0. The third-order valence-electron chi connectivity index (χ3n) is 9.68. The summed E-state index contributed by atoms with van der Waals surface area (Å²) in [5.74, 6) is 0.206. The molecule has 2 nitrogen and oxygen atoms in total. The summed E-state index contributed by atoms with van der Waals surface area (Å²) in [5.41, 5.74) is 14.5. The van der Waals surface area contributed by atoms with Crippen molar-refractivity contribution in [2.24, 2.45) is 0 Å². The van der Waals surface area contributed by atoms with Crippen molar-refractivity contribution < 1.29 is 4.42 Å². The minimum Gasteiger partial charge on any atom is -0.456 e. The fourth-order valence-electron chi connectivity index (χ4n) is 7.69. The van der Waals surface area contributed by atoms with E-state index in [1.165, 1.54) is 60.8 Å². The van der Waals surface area contributed by atoms with Crippen LogP contribution in [0, 0.1) is 0 Å². The van der Waals surface area contributed by atoms with Crippen LogP contribution in [0.1, 0.15) is 22.6 Å². The molecule has 0 radical (unpaired) electrons. The minimum absolute atomic E-state index is 0.206. The lowest BCUT2D eigenvalue weighted by molar-refractivity contribution is 0.669. The second kappa shape index (κ2) is 9.32. The van der Waals surface area contributed by atoms with Crippen LogP contribution in [-0.4, -0.2) is 4.57 Å². The Balaban J connectivity index is 1.12. The maximum absolute atomic E-state index is 6.37. The summed E-state index contributed by atoms with van der Waals surface area (Å²) in [6.45, 7) is 0. The van der Waals surface area contributed by atoms with Gasteiger partial charge in [-0.05, 0) is 87.5 Å². The summed E-state index contributed by atoms with van der Waals surface area (Å²) in [6, 6.07) is 57.2. The molecule has 2 aromatic heterocycles. The van der Waals surface area contributed by atoms with Gasteiger partial charge in [-0.25, -0.2) is 0 Å². The molecule has 0 N–H and O–H groups in total. The number of benzene rings is 7. The molecular weight excluding hydrogens is 546 g/mol. The zero-order valence-electron chi connectivity index (χ0n) is 24.4. The maximum atomic E-state index is 6.37. The maximum Gasteiger partial charge on any atom is 0.135 e. The molecule has 0 bridgehead atoms. The first-order valence-corrected chi connectivity index (χ1v) is 15.6. The van der Waals surface area contributed by atoms with Gasteiger partial charge < -0.3 is 8.98 Å². The smallest absolute Gasteiger partial charge is 0.135 e. The van der Waals surface area contributed by atoms with Gasteiger partial charge in [-0.1, -0.05) is 109 Å². The predicted molar refractivity (Wildman–Crippen MR) is 186 cm³/mol. The summed E-state index contributed by atoms with van der Waals surface area (Å²) < 4.78 is 8.75. The number of hydrogen-bond acceptors (Lipinski definition) is 1. The second-order valence-corrected chi connectivity index (χ2v) is 12.1. The van der Waals surface area contributed by atoms with Gasteiger partial charge in [-0.3, -0.25) is 0 Å². The van der Waals surface area contributed by atoms with Crippen LogP contribution in [0.4, 0.5) is 0 Å². The van der Waals surface area contributed by atoms with Crippen LogP contribution in [0.25, 0.3) is 71.7 Å². The molecule has 45 heavy (non-hydrogen) atoms. The van der Waals surface area contributed by atoms with E-state index in [0.717, 1.165) is 27.6 Å². The molecular formula is C43H27NO. The highest BCUT2D eigenvalue weighted by molar-refractivity contribution is 6.09. The number of para-hydroxylation sites is 2. The van der Waals surface area contributed by atoms with E-state index < -0.39 is 0 Å². The Morgan fingerprint density at radius 2 is 1.00 bits per heavy atom. The first-order chi connectivity index (χ1) is 22.3. The summed E-state index contributed by atoms with van der Waals surface area (Å²) in [7, 11) is 0. The Morgan fingerprint density at radius 1 is 0.422 bits per heavy atom. The Kier molecular flexibility index (Phi) is 5.09. The standard InChI is InChI=1S/C43H27NO/c1-3-16-35-31(12-1)32-13-2-4-17-36(32)43(35)29-21-23-42-38(26-29)37-25-28(20-22-41(37)45-42)27-10-9-11-30(24-27)44-39-18-7-5-14-33(39)34-15-6-8-19-40(34)44/h1-26,43H. The van der Waals surface area contributed by atoms with Crippen molar-refractivity contribution in [1.29, 1.82) is 0 Å². The highest BCUT2D eigenvalue weighted by atomic mass is 16.3. The van der Waals surface area contributed by atoms with Gasteiger partial charge >= 0.3 is 0 Å². The molecule has 0 aliphatic heterocycles. The van der Waals surface area contributed by atoms with Crippen molar-refractivity contribution in [3.05, 3.63) is 174 Å². The zero-order valence-corrected chi connectivity index (χ0v) is 24.4. The fourth-order valence-corrected chi connectivity index (χ4v) is 7.69. The molecule has 0 saturated carbocycles. The number of fused-ring (bicyclic) bond motifs is 9. The Bertz CT molecular complexity index is 2520. The molecule has 0 unspecified atom stereocenters. The number of hydrogen-bond donors (Lipinski definition) is 0. The molecule has 10 rings (SSSR count). The van der Waals surface area contributed by atoms with E-state index in [2.05, 4.69) is 162 Å². The van der Waals surface area contributed by atoms with Crippen molar-refractivity contribution in [2.75, 3.05) is 0 Å². The first-order valence-electron chi connectivity index (χ1n) is 15.6. The number of furan rings is 1. The molecule has 0 saturated heterocycles. The molecule has 0 atom stereocenters. The SMILES string of the molecule is c1cc(-c2ccc3oc4ccc(C5c6ccccc6-c6ccccc65)cc4c3c2)cc(-n2c3ccccc3c3ccccc32)c1. The molecule has 2 heterocycles. The fraction of sp³-hybridized carbons (Fsp3) is 0.0233. The van der Waals surface area contributed by atoms with Crippen molar-refractivity contribution in [1.82, 2.24) is 4.57 Å². The number of rotatable bonds is 3. The van der Waals surface area contributed by atoms with Gasteiger partial charge in [0.25, 0.3) is 0 Å². The Labute approximate surface area is 260 Å². The summed E-state index contributed by atoms with van der Waals surface area (Å²) in [4.78, 5) is 0. The van der Waals surface area contributed by atoms with Crippen molar-refractivity contribution >= 4 is 43.7 Å². The zero-order chi connectivity index (χ0) is 29.5. The van der Waals surface area contributed by atoms with Crippen molar-refractivity contribution in [3.63, 3.8) is 0 Å². The lowest BCUT2D eigenvalue weighted by Gasteiger charge is -2.14. The van der Waals surface area contributed by atoms with Gasteiger partial charge in [0, 0.05) is 33.2 Å². The Hall–Kier alpha value is -5.86. The molecule has 0 amide bonds. The molecule has 9 aromatic rings. The quantitative estimate of drug-likeness (QED) is 0.206. The highest BCUT2D eigenvalue weighted by Gasteiger charge is 2.29. The van der Waals surface area contributed by atoms with Crippen LogP contribution in [-0.2, 0) is 0 Å². The number of nitrogens with zero attached hydrogens (tertiary/aromatic N) is 1. The van der Waals surface area contributed by atoms with E-state index >= 15 is 0 Å². The van der Waals surface area contributed by atoms with E-state index in [4.69, 9.17) is 4.42 Å². The van der Waals surface area contributed by atoms with Crippen molar-refractivity contribution in [3.8, 4) is 27.9 Å². The van der Waals surface area contributed by atoms with E-state index in [9.17, 15) is 0 Å². The topological polar surface area (TPSA) is 18.1 Å². The third kappa shape index (κ3) is 3.57. The lowest BCUT2D eigenvalue weighted by atomic mass is 9.88. The van der Waals surface area contributed by atoms with Gasteiger partial charge in [0.05, 0.1) is 11.0 Å². The van der Waals surface area contributed by atoms with Crippen LogP contribution >= 0.6 is 0 Å². The lowest BCUT2D eigenvalue weighted by Crippen LogP contribution is -1.98. The molecule has 0 spiro atoms. The molecule has 1 aliphatic carbocycles. The molecule has 1 aliphatic rings. The van der Waals surface area contributed by atoms with Gasteiger partial charge in [-0.2, -0.15) is 0 Å². The largest absolute Gasteiger partial charge is 0.456 e. The van der Waals surface area contributed by atoms with Crippen LogP contribution in [0.15, 0.2) is 162 Å². The summed E-state index contributed by atoms with van der Waals surface area (Å²) in [5, 5.41) is 4.84. The van der Waals surface area contributed by atoms with Crippen LogP contribution in [0.2, 0.25) is 0 Å².